The van der Waals surface area contributed by atoms with Crippen LogP contribution in [0.15, 0.2) is 23.1 Å². The van der Waals surface area contributed by atoms with Gasteiger partial charge in [-0.15, -0.1) is 11.8 Å². The smallest absolute Gasteiger partial charge is 0.162 e. The third-order valence-electron chi connectivity index (χ3n) is 2.28. The molecule has 90 valence electrons. The molecule has 0 aliphatic carbocycles. The molecule has 0 saturated heterocycles. The second kappa shape index (κ2) is 5.80. The fourth-order valence-corrected chi connectivity index (χ4v) is 2.33. The van der Waals surface area contributed by atoms with Gasteiger partial charge in [0.25, 0.3) is 0 Å². The van der Waals surface area contributed by atoms with Crippen LogP contribution >= 0.6 is 11.8 Å². The zero-order valence-electron chi connectivity index (χ0n) is 9.26. The maximum atomic E-state index is 9.45. The summed E-state index contributed by atoms with van der Waals surface area (Å²) in [6, 6.07) is 7.64. The predicted octanol–water partition coefficient (Wildman–Crippen LogP) is 1.82. The van der Waals surface area contributed by atoms with Crippen molar-refractivity contribution in [2.45, 2.75) is 17.4 Å². The van der Waals surface area contributed by atoms with E-state index in [4.69, 9.17) is 14.7 Å². The van der Waals surface area contributed by atoms with Crippen LogP contribution in [0.25, 0.3) is 0 Å². The number of hydrogen-bond acceptors (Lipinski definition) is 5. The number of rotatable bonds is 4. The molecule has 1 unspecified atom stereocenters. The van der Waals surface area contributed by atoms with E-state index in [2.05, 4.69) is 0 Å². The molecule has 17 heavy (non-hydrogen) atoms. The summed E-state index contributed by atoms with van der Waals surface area (Å²) in [5.41, 5.74) is 0. The highest BCUT2D eigenvalue weighted by Crippen LogP contribution is 2.34. The maximum Gasteiger partial charge on any atom is 0.162 e. The zero-order chi connectivity index (χ0) is 12.1. The quantitative estimate of drug-likeness (QED) is 0.827. The van der Waals surface area contributed by atoms with E-state index in [-0.39, 0.29) is 6.42 Å². The average molecular weight is 251 g/mol. The number of hydrogen-bond donors (Lipinski definition) is 1. The molecule has 1 atom stereocenters. The van der Waals surface area contributed by atoms with Gasteiger partial charge in [0.05, 0.1) is 18.6 Å². The van der Waals surface area contributed by atoms with Crippen molar-refractivity contribution in [3.8, 4) is 17.6 Å². The Labute approximate surface area is 104 Å². The first-order valence-electron chi connectivity index (χ1n) is 5.37. The van der Waals surface area contributed by atoms with E-state index >= 15 is 0 Å². The summed E-state index contributed by atoms with van der Waals surface area (Å²) in [6.45, 7) is 1.15. The van der Waals surface area contributed by atoms with E-state index in [9.17, 15) is 5.11 Å². The molecule has 1 aliphatic rings. The van der Waals surface area contributed by atoms with Crippen LogP contribution in [-0.4, -0.2) is 30.2 Å². The van der Waals surface area contributed by atoms with Gasteiger partial charge in [0.1, 0.15) is 13.2 Å². The third kappa shape index (κ3) is 3.29. The van der Waals surface area contributed by atoms with Gasteiger partial charge in [-0.2, -0.15) is 5.26 Å². The molecule has 1 heterocycles. The molecule has 1 aromatic carbocycles. The number of benzene rings is 1. The highest BCUT2D eigenvalue weighted by atomic mass is 32.2. The van der Waals surface area contributed by atoms with Gasteiger partial charge in [-0.25, -0.2) is 0 Å². The van der Waals surface area contributed by atoms with Gasteiger partial charge in [-0.1, -0.05) is 0 Å². The minimum absolute atomic E-state index is 0.164. The van der Waals surface area contributed by atoms with Crippen molar-refractivity contribution in [3.63, 3.8) is 0 Å². The molecular weight excluding hydrogens is 238 g/mol. The lowest BCUT2D eigenvalue weighted by Gasteiger charge is -2.18. The fraction of sp³-hybridized carbons (Fsp3) is 0.417. The molecule has 0 aromatic heterocycles. The van der Waals surface area contributed by atoms with E-state index < -0.39 is 6.10 Å². The van der Waals surface area contributed by atoms with Crippen molar-refractivity contribution < 1.29 is 14.6 Å². The molecule has 0 bridgehead atoms. The molecule has 1 aliphatic heterocycles. The van der Waals surface area contributed by atoms with E-state index in [0.717, 1.165) is 16.4 Å². The summed E-state index contributed by atoms with van der Waals surface area (Å²) in [6.07, 6.45) is -0.421. The van der Waals surface area contributed by atoms with Crippen LogP contribution in [0.2, 0.25) is 0 Å². The van der Waals surface area contributed by atoms with Gasteiger partial charge in [0.15, 0.2) is 11.5 Å². The van der Waals surface area contributed by atoms with Crippen molar-refractivity contribution in [1.82, 2.24) is 0 Å². The second-order valence-corrected chi connectivity index (χ2v) is 4.73. The Kier molecular flexibility index (Phi) is 4.13. The van der Waals surface area contributed by atoms with Crippen LogP contribution in [0.4, 0.5) is 0 Å². The van der Waals surface area contributed by atoms with Gasteiger partial charge < -0.3 is 14.6 Å². The van der Waals surface area contributed by atoms with E-state index in [1.54, 1.807) is 0 Å². The summed E-state index contributed by atoms with van der Waals surface area (Å²) in [5.74, 6) is 2.02. The molecule has 1 N–H and O–H groups in total. The first-order chi connectivity index (χ1) is 8.29. The zero-order valence-corrected chi connectivity index (χ0v) is 10.1. The topological polar surface area (TPSA) is 62.5 Å². The Balaban J connectivity index is 1.95. The number of thioether (sulfide) groups is 1. The van der Waals surface area contributed by atoms with Gasteiger partial charge in [0, 0.05) is 10.6 Å². The minimum Gasteiger partial charge on any atom is -0.486 e. The molecule has 4 nitrogen and oxygen atoms in total. The van der Waals surface area contributed by atoms with Crippen LogP contribution in [0.3, 0.4) is 0 Å². The Bertz CT molecular complexity index is 430. The average Bonchev–Trinajstić information content (AvgIpc) is 2.36. The lowest BCUT2D eigenvalue weighted by atomic mass is 10.3. The minimum atomic E-state index is -0.585. The van der Waals surface area contributed by atoms with Gasteiger partial charge in [-0.3, -0.25) is 0 Å². The molecule has 0 radical (unpaired) electrons. The number of fused-ring (bicyclic) bond motifs is 1. The lowest BCUT2D eigenvalue weighted by molar-refractivity contribution is 0.171. The van der Waals surface area contributed by atoms with Crippen LogP contribution < -0.4 is 9.47 Å². The van der Waals surface area contributed by atoms with Crippen molar-refractivity contribution >= 4 is 11.8 Å². The van der Waals surface area contributed by atoms with Crippen molar-refractivity contribution in [3.05, 3.63) is 18.2 Å². The van der Waals surface area contributed by atoms with Gasteiger partial charge in [-0.05, 0) is 18.2 Å². The number of nitriles is 1. The molecular formula is C12H13NO3S. The summed E-state index contributed by atoms with van der Waals surface area (Å²) in [4.78, 5) is 1.01. The van der Waals surface area contributed by atoms with E-state index in [1.807, 2.05) is 24.3 Å². The van der Waals surface area contributed by atoms with Crippen LogP contribution in [0, 0.1) is 11.3 Å². The first kappa shape index (κ1) is 12.1. The highest BCUT2D eigenvalue weighted by molar-refractivity contribution is 7.99. The predicted molar refractivity (Wildman–Crippen MR) is 64.4 cm³/mol. The Morgan fingerprint density at radius 3 is 2.88 bits per heavy atom. The monoisotopic (exact) mass is 251 g/mol. The fourth-order valence-electron chi connectivity index (χ4n) is 1.47. The molecule has 0 spiro atoms. The van der Waals surface area contributed by atoms with Gasteiger partial charge in [0.2, 0.25) is 0 Å². The number of aliphatic hydroxyl groups excluding tert-OH is 1. The molecule has 2 rings (SSSR count). The number of aliphatic hydroxyl groups is 1. The molecule has 0 amide bonds. The van der Waals surface area contributed by atoms with Crippen molar-refractivity contribution in [2.75, 3.05) is 19.0 Å². The first-order valence-corrected chi connectivity index (χ1v) is 6.35. The van der Waals surface area contributed by atoms with Crippen LogP contribution in [-0.2, 0) is 0 Å². The van der Waals surface area contributed by atoms with Crippen LogP contribution in [0.5, 0.6) is 11.5 Å². The molecule has 0 saturated carbocycles. The standard InChI is InChI=1S/C12H13NO3S/c13-4-3-9(14)8-17-10-1-2-11-12(7-10)16-6-5-15-11/h1-2,7,9,14H,3,5-6,8H2. The maximum absolute atomic E-state index is 9.45. The Morgan fingerprint density at radius 1 is 1.35 bits per heavy atom. The van der Waals surface area contributed by atoms with E-state index in [1.165, 1.54) is 11.8 Å². The highest BCUT2D eigenvalue weighted by Gasteiger charge is 2.12. The second-order valence-electron chi connectivity index (χ2n) is 3.63. The number of ether oxygens (including phenoxy) is 2. The normalized spacial score (nSPS) is 15.1. The van der Waals surface area contributed by atoms with Crippen LogP contribution in [0.1, 0.15) is 6.42 Å². The van der Waals surface area contributed by atoms with E-state index in [0.29, 0.717) is 19.0 Å². The van der Waals surface area contributed by atoms with Crippen molar-refractivity contribution in [2.24, 2.45) is 0 Å². The lowest BCUT2D eigenvalue weighted by Crippen LogP contribution is -2.15. The third-order valence-corrected chi connectivity index (χ3v) is 3.42. The SMILES string of the molecule is N#CCC(O)CSc1ccc2c(c1)OCCO2. The summed E-state index contributed by atoms with van der Waals surface area (Å²) in [5, 5.41) is 17.9. The summed E-state index contributed by atoms with van der Waals surface area (Å²) >= 11 is 1.50. The molecule has 1 aromatic rings. The number of nitrogens with zero attached hydrogens (tertiary/aromatic N) is 1. The molecule has 0 fully saturated rings. The summed E-state index contributed by atoms with van der Waals surface area (Å²) in [7, 11) is 0. The summed E-state index contributed by atoms with van der Waals surface area (Å²) < 4.78 is 10.9. The Hall–Kier alpha value is -1.38. The van der Waals surface area contributed by atoms with Crippen molar-refractivity contribution in [1.29, 1.82) is 5.26 Å². The Morgan fingerprint density at radius 2 is 2.12 bits per heavy atom. The molecule has 5 heteroatoms. The largest absolute Gasteiger partial charge is 0.486 e. The van der Waals surface area contributed by atoms with Gasteiger partial charge >= 0.3 is 0 Å².